The highest BCUT2D eigenvalue weighted by atomic mass is 32.1. The summed E-state index contributed by atoms with van der Waals surface area (Å²) in [6.07, 6.45) is 0. The van der Waals surface area contributed by atoms with Gasteiger partial charge in [-0.25, -0.2) is 0 Å². The van der Waals surface area contributed by atoms with Gasteiger partial charge < -0.3 is 8.83 Å². The molecule has 0 bridgehead atoms. The number of para-hydroxylation sites is 2. The number of rotatable bonds is 2. The number of thiophene rings is 3. The van der Waals surface area contributed by atoms with Crippen molar-refractivity contribution in [2.24, 2.45) is 0 Å². The topological polar surface area (TPSA) is 26.3 Å². The molecule has 0 radical (unpaired) electrons. The summed E-state index contributed by atoms with van der Waals surface area (Å²) in [5.41, 5.74) is 1.87. The molecule has 0 amide bonds. The second kappa shape index (κ2) is 7.33. The quantitative estimate of drug-likeness (QED) is 0.223. The molecule has 0 atom stereocenters. The number of fused-ring (bicyclic) bond motifs is 7. The molecule has 37 heavy (non-hydrogen) atoms. The number of hydrogen-bond acceptors (Lipinski definition) is 5. The molecule has 4 aromatic carbocycles. The van der Waals surface area contributed by atoms with Crippen LogP contribution >= 0.6 is 34.0 Å². The lowest BCUT2D eigenvalue weighted by Crippen LogP contribution is -1.68. The van der Waals surface area contributed by atoms with Gasteiger partial charge in [0.15, 0.2) is 0 Å². The van der Waals surface area contributed by atoms with Gasteiger partial charge in [0.05, 0.1) is 9.75 Å². The van der Waals surface area contributed by atoms with Crippen molar-refractivity contribution in [3.8, 4) is 21.3 Å². The van der Waals surface area contributed by atoms with Crippen molar-refractivity contribution in [3.63, 3.8) is 0 Å². The van der Waals surface area contributed by atoms with Crippen molar-refractivity contribution in [1.82, 2.24) is 0 Å². The van der Waals surface area contributed by atoms with E-state index in [1.54, 1.807) is 22.7 Å². The lowest BCUT2D eigenvalue weighted by Gasteiger charge is -1.94. The van der Waals surface area contributed by atoms with Crippen LogP contribution in [0.1, 0.15) is 0 Å². The zero-order valence-corrected chi connectivity index (χ0v) is 21.7. The van der Waals surface area contributed by atoms with E-state index in [9.17, 15) is 0 Å². The fourth-order valence-electron chi connectivity index (χ4n) is 5.29. The highest BCUT2D eigenvalue weighted by molar-refractivity contribution is 7.27. The number of hydrogen-bond donors (Lipinski definition) is 0. The largest absolute Gasteiger partial charge is 0.455 e. The van der Waals surface area contributed by atoms with E-state index >= 15 is 0 Å². The monoisotopic (exact) mass is 528 g/mol. The van der Waals surface area contributed by atoms with Gasteiger partial charge in [0, 0.05) is 40.3 Å². The normalized spacial score (nSPS) is 12.3. The zero-order chi connectivity index (χ0) is 24.1. The molecule has 0 unspecified atom stereocenters. The number of benzene rings is 4. The van der Waals surface area contributed by atoms with E-state index in [4.69, 9.17) is 8.83 Å². The van der Waals surface area contributed by atoms with Crippen LogP contribution in [0.5, 0.6) is 0 Å². The average Bonchev–Trinajstić information content (AvgIpc) is 3.72. The molecule has 2 nitrogen and oxygen atoms in total. The Morgan fingerprint density at radius 1 is 0.405 bits per heavy atom. The minimum absolute atomic E-state index is 0.934. The molecule has 5 heteroatoms. The summed E-state index contributed by atoms with van der Waals surface area (Å²) < 4.78 is 17.5. The predicted molar refractivity (Wildman–Crippen MR) is 161 cm³/mol. The van der Waals surface area contributed by atoms with Crippen LogP contribution in [-0.2, 0) is 0 Å². The Morgan fingerprint density at radius 2 is 0.892 bits per heavy atom. The zero-order valence-electron chi connectivity index (χ0n) is 19.3. The summed E-state index contributed by atoms with van der Waals surface area (Å²) in [6, 6.07) is 34.6. The Morgan fingerprint density at radius 3 is 1.38 bits per heavy atom. The first kappa shape index (κ1) is 20.2. The third-order valence-electron chi connectivity index (χ3n) is 7.08. The minimum Gasteiger partial charge on any atom is -0.455 e. The summed E-state index contributed by atoms with van der Waals surface area (Å²) in [7, 11) is 0. The van der Waals surface area contributed by atoms with Crippen LogP contribution in [-0.4, -0.2) is 0 Å². The first-order valence-corrected chi connectivity index (χ1v) is 14.5. The van der Waals surface area contributed by atoms with Crippen molar-refractivity contribution in [2.75, 3.05) is 0 Å². The Labute approximate surface area is 222 Å². The maximum atomic E-state index is 6.15. The Balaban J connectivity index is 1.19. The van der Waals surface area contributed by atoms with Crippen molar-refractivity contribution in [1.29, 1.82) is 0 Å². The number of furan rings is 2. The van der Waals surface area contributed by atoms with Gasteiger partial charge in [-0.1, -0.05) is 36.4 Å². The van der Waals surface area contributed by atoms with Crippen LogP contribution < -0.4 is 0 Å². The summed E-state index contributed by atoms with van der Waals surface area (Å²) >= 11 is 5.48. The molecule has 0 aliphatic carbocycles. The van der Waals surface area contributed by atoms with Gasteiger partial charge in [0.1, 0.15) is 22.7 Å². The maximum Gasteiger partial charge on any atom is 0.145 e. The molecule has 9 aromatic rings. The summed E-state index contributed by atoms with van der Waals surface area (Å²) in [5.74, 6) is 1.88. The second-order valence-electron chi connectivity index (χ2n) is 9.39. The SMILES string of the molecule is c1ccc2oc(-c3cc4cc5c(cc4s3)sc3cc4sc(-c6cc7ccccc7o6)cc4cc35)cc2c1. The molecule has 0 N–H and O–H groups in total. The van der Waals surface area contributed by atoms with Crippen LogP contribution in [0.25, 0.3) is 83.6 Å². The smallest absolute Gasteiger partial charge is 0.145 e. The van der Waals surface area contributed by atoms with Gasteiger partial charge in [-0.05, 0) is 71.4 Å². The lowest BCUT2D eigenvalue weighted by molar-refractivity contribution is 0.633. The standard InChI is InChI=1S/C32H16O2S3/c1-3-7-23-17(5-1)11-25(33-23)31-13-19-9-21-22-10-20-14-32(26-12-18-6-2-4-8-24(18)34-26)36-28(20)16-30(22)37-29(21)15-27(19)35-31/h1-16H. The lowest BCUT2D eigenvalue weighted by atomic mass is 10.1. The van der Waals surface area contributed by atoms with E-state index in [-0.39, 0.29) is 0 Å². The van der Waals surface area contributed by atoms with Crippen LogP contribution in [0.4, 0.5) is 0 Å². The van der Waals surface area contributed by atoms with E-state index in [1.807, 2.05) is 35.6 Å². The van der Waals surface area contributed by atoms with E-state index in [0.29, 0.717) is 0 Å². The first-order valence-electron chi connectivity index (χ1n) is 12.1. The van der Waals surface area contributed by atoms with E-state index in [0.717, 1.165) is 33.5 Å². The molecule has 0 aliphatic heterocycles. The fraction of sp³-hybridized carbons (Fsp3) is 0. The van der Waals surface area contributed by atoms with E-state index in [2.05, 4.69) is 72.8 Å². The fourth-order valence-corrected chi connectivity index (χ4v) is 8.66. The van der Waals surface area contributed by atoms with E-state index in [1.165, 1.54) is 50.1 Å². The van der Waals surface area contributed by atoms with E-state index < -0.39 is 0 Å². The third kappa shape index (κ3) is 3.02. The van der Waals surface area contributed by atoms with Crippen LogP contribution in [0.3, 0.4) is 0 Å². The highest BCUT2D eigenvalue weighted by Crippen LogP contribution is 2.45. The van der Waals surface area contributed by atoms with Gasteiger partial charge in [-0.15, -0.1) is 34.0 Å². The molecule has 9 rings (SSSR count). The summed E-state index contributed by atoms with van der Waals surface area (Å²) in [4.78, 5) is 2.34. The maximum absolute atomic E-state index is 6.15. The van der Waals surface area contributed by atoms with Gasteiger partial charge in [0.25, 0.3) is 0 Å². The van der Waals surface area contributed by atoms with Gasteiger partial charge in [-0.3, -0.25) is 0 Å². The molecule has 0 spiro atoms. The minimum atomic E-state index is 0.934. The average molecular weight is 529 g/mol. The summed E-state index contributed by atoms with van der Waals surface area (Å²) in [5, 5.41) is 7.45. The molecule has 0 saturated heterocycles. The predicted octanol–water partition coefficient (Wildman–Crippen LogP) is 11.3. The molecular weight excluding hydrogens is 513 g/mol. The molecule has 0 aliphatic rings. The molecule has 5 heterocycles. The van der Waals surface area contributed by atoms with Gasteiger partial charge >= 0.3 is 0 Å². The third-order valence-corrected chi connectivity index (χ3v) is 10.4. The second-order valence-corrected chi connectivity index (χ2v) is 12.6. The van der Waals surface area contributed by atoms with Crippen molar-refractivity contribution < 1.29 is 8.83 Å². The molecule has 174 valence electrons. The van der Waals surface area contributed by atoms with Crippen LogP contribution in [0, 0.1) is 0 Å². The molecular formula is C32H16O2S3. The molecule has 0 fully saturated rings. The Kier molecular flexibility index (Phi) is 4.00. The van der Waals surface area contributed by atoms with Gasteiger partial charge in [-0.2, -0.15) is 0 Å². The van der Waals surface area contributed by atoms with Gasteiger partial charge in [0.2, 0.25) is 0 Å². The Bertz CT molecular complexity index is 2090. The van der Waals surface area contributed by atoms with Crippen molar-refractivity contribution in [3.05, 3.63) is 97.1 Å². The van der Waals surface area contributed by atoms with Crippen molar-refractivity contribution >= 4 is 96.3 Å². The first-order chi connectivity index (χ1) is 18.2. The molecule has 5 aromatic heterocycles. The highest BCUT2D eigenvalue weighted by Gasteiger charge is 2.15. The van der Waals surface area contributed by atoms with Crippen LogP contribution in [0.2, 0.25) is 0 Å². The Hall–Kier alpha value is -3.90. The van der Waals surface area contributed by atoms with Crippen molar-refractivity contribution in [2.45, 2.75) is 0 Å². The molecule has 0 saturated carbocycles. The van der Waals surface area contributed by atoms with Crippen LogP contribution in [0.15, 0.2) is 106 Å². The summed E-state index contributed by atoms with van der Waals surface area (Å²) in [6.45, 7) is 0.